The van der Waals surface area contributed by atoms with E-state index < -0.39 is 12.0 Å². The van der Waals surface area contributed by atoms with Gasteiger partial charge >= 0.3 is 0 Å². The Morgan fingerprint density at radius 3 is 2.79 bits per heavy atom. The monoisotopic (exact) mass is 205 g/mol. The zero-order chi connectivity index (χ0) is 10.8. The summed E-state index contributed by atoms with van der Waals surface area (Å²) in [7, 11) is 0. The quantitative estimate of drug-likeness (QED) is 0.653. The summed E-state index contributed by atoms with van der Waals surface area (Å²) in [5.41, 5.74) is -0.0913. The SMILES string of the molecule is C=C(C)C(F)(F)C1COCCN1CC. The second-order valence-corrected chi connectivity index (χ2v) is 3.62. The summed E-state index contributed by atoms with van der Waals surface area (Å²) < 4.78 is 32.4. The van der Waals surface area contributed by atoms with Gasteiger partial charge in [-0.15, -0.1) is 0 Å². The molecule has 0 amide bonds. The second-order valence-electron chi connectivity index (χ2n) is 3.62. The number of hydrogen-bond donors (Lipinski definition) is 0. The Morgan fingerprint density at radius 2 is 2.29 bits per heavy atom. The van der Waals surface area contributed by atoms with E-state index in [4.69, 9.17) is 4.74 Å². The number of morpholine rings is 1. The zero-order valence-corrected chi connectivity index (χ0v) is 8.72. The molecule has 82 valence electrons. The molecule has 0 N–H and O–H groups in total. The normalized spacial score (nSPS) is 25.0. The van der Waals surface area contributed by atoms with E-state index in [2.05, 4.69) is 6.58 Å². The van der Waals surface area contributed by atoms with Gasteiger partial charge in [-0.1, -0.05) is 13.5 Å². The average Bonchev–Trinajstić information content (AvgIpc) is 2.17. The molecule has 0 spiro atoms. The highest BCUT2D eigenvalue weighted by atomic mass is 19.3. The molecule has 0 radical (unpaired) electrons. The summed E-state index contributed by atoms with van der Waals surface area (Å²) in [5, 5.41) is 0. The van der Waals surface area contributed by atoms with Gasteiger partial charge in [0.05, 0.1) is 13.2 Å². The Morgan fingerprint density at radius 1 is 1.64 bits per heavy atom. The van der Waals surface area contributed by atoms with Crippen LogP contribution in [0.2, 0.25) is 0 Å². The van der Waals surface area contributed by atoms with E-state index in [-0.39, 0.29) is 12.2 Å². The molecule has 0 aliphatic carbocycles. The van der Waals surface area contributed by atoms with Crippen molar-refractivity contribution in [2.24, 2.45) is 0 Å². The number of ether oxygens (including phenoxy) is 1. The highest BCUT2D eigenvalue weighted by Crippen LogP contribution is 2.31. The van der Waals surface area contributed by atoms with Crippen LogP contribution < -0.4 is 0 Å². The maximum atomic E-state index is 13.6. The van der Waals surface area contributed by atoms with Gasteiger partial charge in [0.1, 0.15) is 6.04 Å². The van der Waals surface area contributed by atoms with E-state index in [0.29, 0.717) is 19.7 Å². The molecule has 1 rings (SSSR count). The Bertz CT molecular complexity index is 218. The molecular weight excluding hydrogens is 188 g/mol. The third kappa shape index (κ3) is 2.12. The molecule has 1 atom stereocenters. The first-order valence-corrected chi connectivity index (χ1v) is 4.85. The highest BCUT2D eigenvalue weighted by molar-refractivity contribution is 5.10. The third-order valence-corrected chi connectivity index (χ3v) is 2.63. The van der Waals surface area contributed by atoms with Crippen molar-refractivity contribution in [1.82, 2.24) is 4.90 Å². The Balaban J connectivity index is 2.77. The smallest absolute Gasteiger partial charge is 0.286 e. The fourth-order valence-electron chi connectivity index (χ4n) is 1.63. The predicted octanol–water partition coefficient (Wildman–Crippen LogP) is 1.92. The van der Waals surface area contributed by atoms with Crippen LogP contribution in [0.15, 0.2) is 12.2 Å². The molecule has 1 saturated heterocycles. The summed E-state index contributed by atoms with van der Waals surface area (Å²) in [5.74, 6) is -2.85. The van der Waals surface area contributed by atoms with Crippen molar-refractivity contribution in [3.63, 3.8) is 0 Å². The van der Waals surface area contributed by atoms with Crippen molar-refractivity contribution in [3.05, 3.63) is 12.2 Å². The van der Waals surface area contributed by atoms with Crippen molar-refractivity contribution >= 4 is 0 Å². The van der Waals surface area contributed by atoms with Crippen molar-refractivity contribution in [3.8, 4) is 0 Å². The number of likely N-dealkylation sites (N-methyl/N-ethyl adjacent to an activating group) is 1. The van der Waals surface area contributed by atoms with Gasteiger partial charge in [-0.25, -0.2) is 0 Å². The van der Waals surface area contributed by atoms with Gasteiger partial charge in [0, 0.05) is 6.54 Å². The Labute approximate surface area is 83.5 Å². The van der Waals surface area contributed by atoms with E-state index in [1.807, 2.05) is 6.92 Å². The van der Waals surface area contributed by atoms with E-state index in [9.17, 15) is 8.78 Å². The molecule has 0 saturated carbocycles. The number of rotatable bonds is 3. The molecule has 1 heterocycles. The molecule has 0 aromatic heterocycles. The lowest BCUT2D eigenvalue weighted by Gasteiger charge is -2.39. The lowest BCUT2D eigenvalue weighted by Crippen LogP contribution is -2.55. The molecule has 4 heteroatoms. The van der Waals surface area contributed by atoms with Gasteiger partial charge in [0.2, 0.25) is 0 Å². The average molecular weight is 205 g/mol. The summed E-state index contributed by atoms with van der Waals surface area (Å²) in [6, 6.07) is -0.848. The molecule has 0 aromatic rings. The van der Waals surface area contributed by atoms with Crippen LogP contribution in [0.4, 0.5) is 8.78 Å². The van der Waals surface area contributed by atoms with Gasteiger partial charge in [0.25, 0.3) is 5.92 Å². The van der Waals surface area contributed by atoms with Gasteiger partial charge in [0.15, 0.2) is 0 Å². The van der Waals surface area contributed by atoms with Crippen LogP contribution in [0.3, 0.4) is 0 Å². The molecule has 1 unspecified atom stereocenters. The van der Waals surface area contributed by atoms with Gasteiger partial charge in [-0.2, -0.15) is 8.78 Å². The summed E-state index contributed by atoms with van der Waals surface area (Å²) >= 11 is 0. The first-order chi connectivity index (χ1) is 6.50. The predicted molar refractivity (Wildman–Crippen MR) is 51.6 cm³/mol. The summed E-state index contributed by atoms with van der Waals surface area (Å²) in [4.78, 5) is 1.75. The van der Waals surface area contributed by atoms with Crippen LogP contribution in [-0.2, 0) is 4.74 Å². The molecule has 1 fully saturated rings. The molecule has 1 aliphatic heterocycles. The first-order valence-electron chi connectivity index (χ1n) is 4.85. The fraction of sp³-hybridized carbons (Fsp3) is 0.800. The highest BCUT2D eigenvalue weighted by Gasteiger charge is 2.44. The minimum absolute atomic E-state index is 0.0910. The largest absolute Gasteiger partial charge is 0.378 e. The molecule has 1 aliphatic rings. The zero-order valence-electron chi connectivity index (χ0n) is 8.72. The second kappa shape index (κ2) is 4.36. The van der Waals surface area contributed by atoms with Crippen molar-refractivity contribution in [1.29, 1.82) is 0 Å². The van der Waals surface area contributed by atoms with Gasteiger partial charge in [-0.05, 0) is 19.0 Å². The van der Waals surface area contributed by atoms with Crippen LogP contribution in [0.25, 0.3) is 0 Å². The van der Waals surface area contributed by atoms with Crippen molar-refractivity contribution in [2.75, 3.05) is 26.3 Å². The number of nitrogens with zero attached hydrogens (tertiary/aromatic N) is 1. The molecule has 14 heavy (non-hydrogen) atoms. The van der Waals surface area contributed by atoms with Crippen LogP contribution in [-0.4, -0.2) is 43.2 Å². The lowest BCUT2D eigenvalue weighted by atomic mass is 10.0. The topological polar surface area (TPSA) is 12.5 Å². The van der Waals surface area contributed by atoms with Crippen LogP contribution in [0, 0.1) is 0 Å². The van der Waals surface area contributed by atoms with Gasteiger partial charge < -0.3 is 4.74 Å². The van der Waals surface area contributed by atoms with Crippen molar-refractivity contribution in [2.45, 2.75) is 25.8 Å². The Kier molecular flexibility index (Phi) is 3.61. The number of hydrogen-bond acceptors (Lipinski definition) is 2. The Hall–Kier alpha value is -0.480. The van der Waals surface area contributed by atoms with Gasteiger partial charge in [-0.3, -0.25) is 4.90 Å². The van der Waals surface area contributed by atoms with Crippen LogP contribution >= 0.6 is 0 Å². The first kappa shape index (κ1) is 11.6. The van der Waals surface area contributed by atoms with E-state index in [0.717, 1.165) is 0 Å². The van der Waals surface area contributed by atoms with Crippen LogP contribution in [0.1, 0.15) is 13.8 Å². The minimum atomic E-state index is -2.85. The number of halogens is 2. The van der Waals surface area contributed by atoms with E-state index in [1.54, 1.807) is 4.90 Å². The molecular formula is C10H17F2NO. The standard InChI is InChI=1S/C10H17F2NO/c1-4-13-5-6-14-7-9(13)10(11,12)8(2)3/h9H,2,4-7H2,1,3H3. The minimum Gasteiger partial charge on any atom is -0.378 e. The maximum absolute atomic E-state index is 13.6. The van der Waals surface area contributed by atoms with Crippen molar-refractivity contribution < 1.29 is 13.5 Å². The van der Waals surface area contributed by atoms with Crippen LogP contribution in [0.5, 0.6) is 0 Å². The van der Waals surface area contributed by atoms with E-state index >= 15 is 0 Å². The summed E-state index contributed by atoms with van der Waals surface area (Å²) in [6.07, 6.45) is 0. The fourth-order valence-corrected chi connectivity index (χ4v) is 1.63. The molecule has 0 aromatic carbocycles. The molecule has 2 nitrogen and oxygen atoms in total. The molecule has 0 bridgehead atoms. The third-order valence-electron chi connectivity index (χ3n) is 2.63. The maximum Gasteiger partial charge on any atom is 0.286 e. The van der Waals surface area contributed by atoms with E-state index in [1.165, 1.54) is 6.92 Å². The number of alkyl halides is 2. The lowest BCUT2D eigenvalue weighted by molar-refractivity contribution is -0.113. The summed E-state index contributed by atoms with van der Waals surface area (Å²) in [6.45, 7) is 8.41.